The zero-order chi connectivity index (χ0) is 20.0. The molecule has 0 aliphatic carbocycles. The molecule has 0 saturated heterocycles. The number of hydrogen-bond donors (Lipinski definition) is 4. The van der Waals surface area contributed by atoms with E-state index in [0.717, 1.165) is 17.5 Å². The fraction of sp³-hybridized carbons (Fsp3) is 0.333. The Morgan fingerprint density at radius 2 is 1.48 bits per heavy atom. The maximum Gasteiger partial charge on any atom is 0.268 e. The zero-order valence-electron chi connectivity index (χ0n) is 15.8. The van der Waals surface area contributed by atoms with Crippen LogP contribution in [0, 0.1) is 5.92 Å². The van der Waals surface area contributed by atoms with E-state index in [1.54, 1.807) is 26.0 Å². The summed E-state index contributed by atoms with van der Waals surface area (Å²) in [4.78, 5) is 24.2. The van der Waals surface area contributed by atoms with Crippen molar-refractivity contribution in [3.05, 3.63) is 59.7 Å². The minimum Gasteiger partial charge on any atom is -0.390 e. The Balaban J connectivity index is 2.14. The highest BCUT2D eigenvalue weighted by Gasteiger charge is 2.30. The monoisotopic (exact) mass is 370 g/mol. The van der Waals surface area contributed by atoms with Crippen LogP contribution in [0.1, 0.15) is 36.7 Å². The van der Waals surface area contributed by atoms with Crippen molar-refractivity contribution < 1.29 is 19.9 Å². The number of aliphatic hydroxyl groups excluding tert-OH is 1. The summed E-state index contributed by atoms with van der Waals surface area (Å²) in [5.74, 6) is -1.64. The summed E-state index contributed by atoms with van der Waals surface area (Å²) in [6.07, 6.45) is -0.151. The highest BCUT2D eigenvalue weighted by atomic mass is 16.5. The summed E-state index contributed by atoms with van der Waals surface area (Å²) >= 11 is 0. The molecule has 0 aliphatic heterocycles. The zero-order valence-corrected chi connectivity index (χ0v) is 15.8. The van der Waals surface area contributed by atoms with E-state index in [9.17, 15) is 14.7 Å². The first-order valence-electron chi connectivity index (χ1n) is 8.99. The number of hydrogen-bond acceptors (Lipinski definition) is 4. The number of carbonyl (C=O) groups is 2. The predicted molar refractivity (Wildman–Crippen MR) is 103 cm³/mol. The topological polar surface area (TPSA) is 98.7 Å². The maximum atomic E-state index is 12.4. The van der Waals surface area contributed by atoms with Gasteiger partial charge in [-0.25, -0.2) is 5.48 Å². The molecule has 0 fully saturated rings. The Labute approximate surface area is 159 Å². The fourth-order valence-corrected chi connectivity index (χ4v) is 2.73. The number of aryl methyl sites for hydroxylation is 1. The van der Waals surface area contributed by atoms with E-state index in [1.807, 2.05) is 24.3 Å². The lowest BCUT2D eigenvalue weighted by molar-refractivity contribution is -0.134. The first kappa shape index (κ1) is 20.6. The van der Waals surface area contributed by atoms with Crippen LogP contribution in [0.15, 0.2) is 48.5 Å². The molecule has 0 aromatic heterocycles. The number of amides is 2. The Hall–Kier alpha value is -2.70. The summed E-state index contributed by atoms with van der Waals surface area (Å²) in [5, 5.41) is 21.5. The second-order valence-electron chi connectivity index (χ2n) is 6.79. The lowest BCUT2D eigenvalue weighted by atomic mass is 9.98. The van der Waals surface area contributed by atoms with Gasteiger partial charge in [0.1, 0.15) is 6.04 Å². The third kappa shape index (κ3) is 5.15. The average molecular weight is 370 g/mol. The van der Waals surface area contributed by atoms with E-state index in [0.29, 0.717) is 5.56 Å². The Morgan fingerprint density at radius 3 is 1.93 bits per heavy atom. The molecule has 6 nitrogen and oxygen atoms in total. The molecular formula is C21H26N2O4. The average Bonchev–Trinajstić information content (AvgIpc) is 2.70. The van der Waals surface area contributed by atoms with Gasteiger partial charge in [0.2, 0.25) is 0 Å². The number of aliphatic hydroxyl groups is 1. The van der Waals surface area contributed by atoms with Crippen LogP contribution in [0.4, 0.5) is 0 Å². The summed E-state index contributed by atoms with van der Waals surface area (Å²) in [6, 6.07) is 13.9. The molecular weight excluding hydrogens is 344 g/mol. The Kier molecular flexibility index (Phi) is 7.10. The molecule has 0 bridgehead atoms. The van der Waals surface area contributed by atoms with Gasteiger partial charge in [-0.05, 0) is 41.2 Å². The third-order valence-electron chi connectivity index (χ3n) is 4.55. The van der Waals surface area contributed by atoms with Crippen LogP contribution >= 0.6 is 0 Å². The van der Waals surface area contributed by atoms with Gasteiger partial charge in [-0.3, -0.25) is 14.8 Å². The molecule has 2 aromatic carbocycles. The van der Waals surface area contributed by atoms with E-state index in [-0.39, 0.29) is 5.92 Å². The maximum absolute atomic E-state index is 12.4. The Morgan fingerprint density at radius 1 is 0.963 bits per heavy atom. The van der Waals surface area contributed by atoms with Crippen LogP contribution in [0.25, 0.3) is 11.1 Å². The summed E-state index contributed by atoms with van der Waals surface area (Å²) in [6.45, 7) is 5.53. The highest BCUT2D eigenvalue weighted by molar-refractivity contribution is 5.98. The van der Waals surface area contributed by atoms with E-state index in [1.165, 1.54) is 11.0 Å². The predicted octanol–water partition coefficient (Wildman–Crippen LogP) is 2.54. The van der Waals surface area contributed by atoms with Crippen LogP contribution in [-0.2, 0) is 11.2 Å². The summed E-state index contributed by atoms with van der Waals surface area (Å²) < 4.78 is 0. The van der Waals surface area contributed by atoms with Crippen molar-refractivity contribution in [2.24, 2.45) is 5.92 Å². The molecule has 27 heavy (non-hydrogen) atoms. The molecule has 0 spiro atoms. The van der Waals surface area contributed by atoms with Crippen molar-refractivity contribution in [1.82, 2.24) is 10.8 Å². The van der Waals surface area contributed by atoms with Crippen LogP contribution in [0.5, 0.6) is 0 Å². The van der Waals surface area contributed by atoms with Gasteiger partial charge in [0.15, 0.2) is 0 Å². The number of carbonyl (C=O) groups excluding carboxylic acids is 2. The second kappa shape index (κ2) is 9.30. The molecule has 2 aromatic rings. The smallest absolute Gasteiger partial charge is 0.268 e. The summed E-state index contributed by atoms with van der Waals surface area (Å²) in [5.41, 5.74) is 5.12. The first-order chi connectivity index (χ1) is 12.9. The molecule has 0 saturated carbocycles. The van der Waals surface area contributed by atoms with Gasteiger partial charge in [0.25, 0.3) is 11.8 Å². The van der Waals surface area contributed by atoms with Gasteiger partial charge < -0.3 is 10.4 Å². The van der Waals surface area contributed by atoms with Gasteiger partial charge in [0, 0.05) is 5.56 Å². The van der Waals surface area contributed by atoms with Crippen molar-refractivity contribution in [3.63, 3.8) is 0 Å². The van der Waals surface area contributed by atoms with Gasteiger partial charge >= 0.3 is 0 Å². The molecule has 0 heterocycles. The number of benzene rings is 2. The molecule has 6 heteroatoms. The minimum absolute atomic E-state index is 0.277. The van der Waals surface area contributed by atoms with E-state index >= 15 is 0 Å². The van der Waals surface area contributed by atoms with Crippen molar-refractivity contribution in [3.8, 4) is 11.1 Å². The molecule has 2 amide bonds. The summed E-state index contributed by atoms with van der Waals surface area (Å²) in [7, 11) is 0. The third-order valence-corrected chi connectivity index (χ3v) is 4.55. The van der Waals surface area contributed by atoms with E-state index in [2.05, 4.69) is 24.4 Å². The molecule has 4 N–H and O–H groups in total. The van der Waals surface area contributed by atoms with Gasteiger partial charge in [-0.1, -0.05) is 57.2 Å². The number of nitrogens with one attached hydrogen (secondary N) is 2. The van der Waals surface area contributed by atoms with Gasteiger partial charge in [-0.2, -0.15) is 0 Å². The molecule has 144 valence electrons. The van der Waals surface area contributed by atoms with Crippen LogP contribution < -0.4 is 10.8 Å². The minimum atomic E-state index is -1.25. The van der Waals surface area contributed by atoms with Crippen molar-refractivity contribution >= 4 is 11.8 Å². The van der Waals surface area contributed by atoms with Crippen LogP contribution in [0.2, 0.25) is 0 Å². The van der Waals surface area contributed by atoms with Crippen LogP contribution in [-0.4, -0.2) is 34.3 Å². The quantitative estimate of drug-likeness (QED) is 0.445. The van der Waals surface area contributed by atoms with Crippen molar-refractivity contribution in [1.29, 1.82) is 0 Å². The van der Waals surface area contributed by atoms with Crippen molar-refractivity contribution in [2.45, 2.75) is 39.3 Å². The fourth-order valence-electron chi connectivity index (χ4n) is 2.73. The normalized spacial score (nSPS) is 13.1. The van der Waals surface area contributed by atoms with Crippen molar-refractivity contribution in [2.75, 3.05) is 0 Å². The molecule has 2 unspecified atom stereocenters. The van der Waals surface area contributed by atoms with Gasteiger partial charge in [0.05, 0.1) is 6.10 Å². The second-order valence-corrected chi connectivity index (χ2v) is 6.79. The highest BCUT2D eigenvalue weighted by Crippen LogP contribution is 2.21. The first-order valence-corrected chi connectivity index (χ1v) is 8.99. The molecule has 0 aliphatic rings. The Bertz CT molecular complexity index is 770. The SMILES string of the molecule is CCc1ccc(-c2ccc(C(=O)NC(C(=O)NO)C(O)C(C)C)cc2)cc1. The lowest BCUT2D eigenvalue weighted by Crippen LogP contribution is -2.54. The molecule has 0 radical (unpaired) electrons. The number of hydroxylamine groups is 1. The standard InChI is InChI=1S/C21H26N2O4/c1-4-14-5-7-15(8-6-14)16-9-11-17(12-10-16)20(25)22-18(21(26)23-27)19(24)13(2)3/h5-13,18-19,24,27H,4H2,1-3H3,(H,22,25)(H,23,26). The van der Waals surface area contributed by atoms with Gasteiger partial charge in [-0.15, -0.1) is 0 Å². The molecule has 2 rings (SSSR count). The van der Waals surface area contributed by atoms with E-state index < -0.39 is 24.0 Å². The lowest BCUT2D eigenvalue weighted by Gasteiger charge is -2.24. The molecule has 2 atom stereocenters. The largest absolute Gasteiger partial charge is 0.390 e. The van der Waals surface area contributed by atoms with E-state index in [4.69, 9.17) is 5.21 Å². The van der Waals surface area contributed by atoms with Crippen LogP contribution in [0.3, 0.4) is 0 Å². The number of rotatable bonds is 7.